The van der Waals surface area contributed by atoms with Crippen LogP contribution in [0, 0.1) is 0 Å². The van der Waals surface area contributed by atoms with E-state index in [2.05, 4.69) is 22.8 Å². The Morgan fingerprint density at radius 1 is 0.769 bits per heavy atom. The number of para-hydroxylation sites is 1. The number of amides is 3. The fourth-order valence-electron chi connectivity index (χ4n) is 2.65. The molecule has 0 saturated heterocycles. The van der Waals surface area contributed by atoms with Gasteiger partial charge in [0, 0.05) is 16.9 Å². The smallest absolute Gasteiger partial charge is 0.316 e. The molecule has 0 atom stereocenters. The molecule has 3 amide bonds. The Morgan fingerprint density at radius 3 is 2.12 bits per heavy atom. The number of urea groups is 1. The first-order valence-electron chi connectivity index (χ1n) is 8.21. The predicted octanol–water partition coefficient (Wildman–Crippen LogP) is 4.02. The van der Waals surface area contributed by atoms with Crippen LogP contribution in [0.5, 0.6) is 0 Å². The maximum atomic E-state index is 12.5. The van der Waals surface area contributed by atoms with Crippen molar-refractivity contribution >= 4 is 23.3 Å². The van der Waals surface area contributed by atoms with Gasteiger partial charge in [0.25, 0.3) is 5.91 Å². The van der Waals surface area contributed by atoms with Crippen molar-refractivity contribution < 1.29 is 9.59 Å². The minimum atomic E-state index is -0.642. The molecule has 3 rings (SSSR count). The quantitative estimate of drug-likeness (QED) is 0.652. The molecule has 0 heterocycles. The molecule has 5 heteroatoms. The third kappa shape index (κ3) is 4.48. The molecule has 0 radical (unpaired) electrons. The first-order valence-corrected chi connectivity index (χ1v) is 8.21. The SMILES string of the molecule is NC(=O)Nc1ccc(C(=O)Nc2ccccc2Cc2ccccc2)cc1. The van der Waals surface area contributed by atoms with E-state index in [1.165, 1.54) is 5.56 Å². The van der Waals surface area contributed by atoms with Gasteiger partial charge in [0.15, 0.2) is 0 Å². The average molecular weight is 345 g/mol. The van der Waals surface area contributed by atoms with Crippen LogP contribution < -0.4 is 16.4 Å². The van der Waals surface area contributed by atoms with Crippen LogP contribution in [0.2, 0.25) is 0 Å². The van der Waals surface area contributed by atoms with Gasteiger partial charge in [0.2, 0.25) is 0 Å². The average Bonchev–Trinajstić information content (AvgIpc) is 2.64. The first-order chi connectivity index (χ1) is 12.6. The Kier molecular flexibility index (Phi) is 5.29. The van der Waals surface area contributed by atoms with Gasteiger partial charge < -0.3 is 16.4 Å². The van der Waals surface area contributed by atoms with Gasteiger partial charge in [-0.05, 0) is 47.9 Å². The monoisotopic (exact) mass is 345 g/mol. The summed E-state index contributed by atoms with van der Waals surface area (Å²) in [5.74, 6) is -0.212. The van der Waals surface area contributed by atoms with Crippen LogP contribution >= 0.6 is 0 Å². The van der Waals surface area contributed by atoms with Gasteiger partial charge in [-0.3, -0.25) is 4.79 Å². The van der Waals surface area contributed by atoms with E-state index in [0.29, 0.717) is 11.3 Å². The van der Waals surface area contributed by atoms with Crippen molar-refractivity contribution in [2.45, 2.75) is 6.42 Å². The number of carbonyl (C=O) groups excluding carboxylic acids is 2. The highest BCUT2D eigenvalue weighted by Gasteiger charge is 2.10. The summed E-state index contributed by atoms with van der Waals surface area (Å²) in [5, 5.41) is 5.42. The fourth-order valence-corrected chi connectivity index (χ4v) is 2.65. The number of benzene rings is 3. The molecular formula is C21H19N3O2. The summed E-state index contributed by atoms with van der Waals surface area (Å²) in [6.45, 7) is 0. The molecule has 0 saturated carbocycles. The molecule has 5 nitrogen and oxygen atoms in total. The Morgan fingerprint density at radius 2 is 1.42 bits per heavy atom. The first kappa shape index (κ1) is 17.2. The predicted molar refractivity (Wildman–Crippen MR) is 103 cm³/mol. The van der Waals surface area contributed by atoms with Crippen molar-refractivity contribution in [1.82, 2.24) is 0 Å². The maximum absolute atomic E-state index is 12.5. The standard InChI is InChI=1S/C21H19N3O2/c22-21(26)23-18-12-10-16(11-13-18)20(25)24-19-9-5-4-8-17(19)14-15-6-2-1-3-7-15/h1-13H,14H2,(H,24,25)(H3,22,23,26). The van der Waals surface area contributed by atoms with E-state index in [0.717, 1.165) is 17.7 Å². The zero-order valence-corrected chi connectivity index (χ0v) is 14.1. The molecule has 0 fully saturated rings. The molecule has 0 aromatic heterocycles. The van der Waals surface area contributed by atoms with Crippen molar-refractivity contribution in [3.05, 3.63) is 95.6 Å². The van der Waals surface area contributed by atoms with E-state index in [-0.39, 0.29) is 5.91 Å². The normalized spacial score (nSPS) is 10.2. The summed E-state index contributed by atoms with van der Waals surface area (Å²) in [6, 6.07) is 23.7. The van der Waals surface area contributed by atoms with E-state index >= 15 is 0 Å². The zero-order chi connectivity index (χ0) is 18.4. The molecule has 0 aliphatic carbocycles. The fraction of sp³-hybridized carbons (Fsp3) is 0.0476. The van der Waals surface area contributed by atoms with Gasteiger partial charge >= 0.3 is 6.03 Å². The van der Waals surface area contributed by atoms with Crippen LogP contribution in [-0.2, 0) is 6.42 Å². The number of primary amides is 1. The van der Waals surface area contributed by atoms with E-state index in [1.807, 2.05) is 42.5 Å². The highest BCUT2D eigenvalue weighted by Crippen LogP contribution is 2.20. The van der Waals surface area contributed by atoms with Gasteiger partial charge in [0.05, 0.1) is 0 Å². The summed E-state index contributed by atoms with van der Waals surface area (Å²) < 4.78 is 0. The lowest BCUT2D eigenvalue weighted by Gasteiger charge is -2.12. The molecule has 26 heavy (non-hydrogen) atoms. The summed E-state index contributed by atoms with van der Waals surface area (Å²) >= 11 is 0. The Bertz CT molecular complexity index is 906. The minimum absolute atomic E-state index is 0.212. The number of nitrogens with two attached hydrogens (primary N) is 1. The van der Waals surface area contributed by atoms with Gasteiger partial charge in [-0.15, -0.1) is 0 Å². The van der Waals surface area contributed by atoms with Crippen molar-refractivity contribution in [3.63, 3.8) is 0 Å². The third-order valence-electron chi connectivity index (χ3n) is 3.92. The molecule has 3 aromatic rings. The number of rotatable bonds is 5. The number of hydrogen-bond donors (Lipinski definition) is 3. The van der Waals surface area contributed by atoms with Crippen LogP contribution in [0.4, 0.5) is 16.2 Å². The Balaban J connectivity index is 1.74. The molecule has 130 valence electrons. The van der Waals surface area contributed by atoms with Gasteiger partial charge in [-0.25, -0.2) is 4.79 Å². The largest absolute Gasteiger partial charge is 0.351 e. The topological polar surface area (TPSA) is 84.2 Å². The Hall–Kier alpha value is -3.60. The minimum Gasteiger partial charge on any atom is -0.351 e. The van der Waals surface area contributed by atoms with E-state index < -0.39 is 6.03 Å². The van der Waals surface area contributed by atoms with E-state index in [9.17, 15) is 9.59 Å². The third-order valence-corrected chi connectivity index (χ3v) is 3.92. The molecule has 3 aromatic carbocycles. The van der Waals surface area contributed by atoms with E-state index in [1.54, 1.807) is 24.3 Å². The number of anilines is 2. The summed E-state index contributed by atoms with van der Waals surface area (Å²) in [6.07, 6.45) is 0.735. The van der Waals surface area contributed by atoms with Crippen LogP contribution in [0.15, 0.2) is 78.9 Å². The number of hydrogen-bond acceptors (Lipinski definition) is 2. The van der Waals surface area contributed by atoms with Crippen molar-refractivity contribution in [2.75, 3.05) is 10.6 Å². The van der Waals surface area contributed by atoms with Gasteiger partial charge in [-0.2, -0.15) is 0 Å². The highest BCUT2D eigenvalue weighted by molar-refractivity contribution is 6.05. The van der Waals surface area contributed by atoms with Crippen molar-refractivity contribution in [3.8, 4) is 0 Å². The number of nitrogens with one attached hydrogen (secondary N) is 2. The molecule has 0 bridgehead atoms. The van der Waals surface area contributed by atoms with Crippen LogP contribution in [0.1, 0.15) is 21.5 Å². The molecule has 0 aliphatic heterocycles. The second kappa shape index (κ2) is 7.98. The van der Waals surface area contributed by atoms with Crippen LogP contribution in [0.3, 0.4) is 0 Å². The highest BCUT2D eigenvalue weighted by atomic mass is 16.2. The van der Waals surface area contributed by atoms with Crippen molar-refractivity contribution in [1.29, 1.82) is 0 Å². The Labute approximate surface area is 151 Å². The molecule has 0 unspecified atom stereocenters. The van der Waals surface area contributed by atoms with Crippen LogP contribution in [0.25, 0.3) is 0 Å². The van der Waals surface area contributed by atoms with Crippen LogP contribution in [-0.4, -0.2) is 11.9 Å². The zero-order valence-electron chi connectivity index (χ0n) is 14.1. The van der Waals surface area contributed by atoms with Crippen molar-refractivity contribution in [2.24, 2.45) is 5.73 Å². The second-order valence-electron chi connectivity index (χ2n) is 5.84. The molecular weight excluding hydrogens is 326 g/mol. The summed E-state index contributed by atoms with van der Waals surface area (Å²) in [5.41, 5.74) is 9.11. The maximum Gasteiger partial charge on any atom is 0.316 e. The lowest BCUT2D eigenvalue weighted by atomic mass is 10.0. The van der Waals surface area contributed by atoms with E-state index in [4.69, 9.17) is 5.73 Å². The molecule has 0 spiro atoms. The lowest BCUT2D eigenvalue weighted by molar-refractivity contribution is 0.102. The second-order valence-corrected chi connectivity index (χ2v) is 5.84. The molecule has 0 aliphatic rings. The molecule has 4 N–H and O–H groups in total. The number of carbonyl (C=O) groups is 2. The lowest BCUT2D eigenvalue weighted by Crippen LogP contribution is -2.19. The summed E-state index contributed by atoms with van der Waals surface area (Å²) in [4.78, 5) is 23.4. The van der Waals surface area contributed by atoms with Gasteiger partial charge in [-0.1, -0.05) is 48.5 Å². The summed E-state index contributed by atoms with van der Waals surface area (Å²) in [7, 11) is 0. The van der Waals surface area contributed by atoms with Gasteiger partial charge in [0.1, 0.15) is 0 Å².